The van der Waals surface area contributed by atoms with E-state index in [0.717, 1.165) is 11.4 Å². The van der Waals surface area contributed by atoms with Crippen LogP contribution in [-0.4, -0.2) is 36.1 Å². The third-order valence-corrected chi connectivity index (χ3v) is 5.42. The van der Waals surface area contributed by atoms with Crippen molar-refractivity contribution in [3.8, 4) is 23.0 Å². The Kier molecular flexibility index (Phi) is 5.70. The van der Waals surface area contributed by atoms with E-state index in [4.69, 9.17) is 14.2 Å². The van der Waals surface area contributed by atoms with Crippen LogP contribution in [0.25, 0.3) is 10.9 Å². The molecular formula is C26H22N4O4. The zero-order valence-electron chi connectivity index (χ0n) is 18.5. The van der Waals surface area contributed by atoms with Gasteiger partial charge in [0.15, 0.2) is 5.75 Å². The van der Waals surface area contributed by atoms with Crippen LogP contribution in [0.2, 0.25) is 0 Å². The lowest BCUT2D eigenvalue weighted by Crippen LogP contribution is -2.36. The van der Waals surface area contributed by atoms with Gasteiger partial charge in [-0.3, -0.25) is 4.79 Å². The predicted molar refractivity (Wildman–Crippen MR) is 130 cm³/mol. The Morgan fingerprint density at radius 1 is 1.09 bits per heavy atom. The second kappa shape index (κ2) is 9.11. The van der Waals surface area contributed by atoms with Gasteiger partial charge in [-0.25, -0.2) is 9.97 Å². The Morgan fingerprint density at radius 2 is 1.91 bits per heavy atom. The van der Waals surface area contributed by atoms with E-state index in [1.807, 2.05) is 60.7 Å². The van der Waals surface area contributed by atoms with Crippen molar-refractivity contribution in [3.63, 3.8) is 0 Å². The van der Waals surface area contributed by atoms with Crippen LogP contribution in [-0.2, 0) is 4.79 Å². The van der Waals surface area contributed by atoms with E-state index in [9.17, 15) is 4.79 Å². The Hall–Kier alpha value is -4.59. The maximum Gasteiger partial charge on any atom is 0.250 e. The molecule has 170 valence electrons. The number of hydrogen-bond donors (Lipinski definition) is 1. The molecule has 0 spiro atoms. The van der Waals surface area contributed by atoms with Crippen LogP contribution in [0, 0.1) is 0 Å². The number of anilines is 3. The van der Waals surface area contributed by atoms with E-state index in [1.54, 1.807) is 12.0 Å². The molecule has 0 fully saturated rings. The molecule has 0 saturated heterocycles. The van der Waals surface area contributed by atoms with Gasteiger partial charge < -0.3 is 24.4 Å². The van der Waals surface area contributed by atoms with E-state index < -0.39 is 0 Å². The first-order chi connectivity index (χ1) is 16.7. The van der Waals surface area contributed by atoms with E-state index in [1.165, 1.54) is 12.4 Å². The number of amides is 1. The van der Waals surface area contributed by atoms with Crippen molar-refractivity contribution in [2.45, 2.75) is 0 Å². The number of rotatable bonds is 6. The zero-order valence-corrected chi connectivity index (χ0v) is 18.5. The van der Waals surface area contributed by atoms with Gasteiger partial charge in [-0.1, -0.05) is 12.6 Å². The monoisotopic (exact) mass is 454 g/mol. The molecule has 0 saturated carbocycles. The maximum absolute atomic E-state index is 12.3. The summed E-state index contributed by atoms with van der Waals surface area (Å²) in [5, 5.41) is 4.04. The van der Waals surface area contributed by atoms with Crippen molar-refractivity contribution in [3.05, 3.63) is 79.6 Å². The van der Waals surface area contributed by atoms with Crippen molar-refractivity contribution in [2.24, 2.45) is 0 Å². The van der Waals surface area contributed by atoms with Crippen molar-refractivity contribution < 1.29 is 19.0 Å². The minimum absolute atomic E-state index is 0.179. The number of hydrogen-bond acceptors (Lipinski definition) is 7. The fraction of sp³-hybridized carbons (Fsp3) is 0.115. The molecule has 0 radical (unpaired) electrons. The van der Waals surface area contributed by atoms with Gasteiger partial charge in [0.05, 0.1) is 30.2 Å². The molecule has 2 heterocycles. The molecule has 1 aliphatic heterocycles. The van der Waals surface area contributed by atoms with Crippen molar-refractivity contribution in [2.75, 3.05) is 30.5 Å². The minimum Gasteiger partial charge on any atom is -0.497 e. The quantitative estimate of drug-likeness (QED) is 0.406. The highest BCUT2D eigenvalue weighted by Crippen LogP contribution is 2.41. The molecule has 8 nitrogen and oxygen atoms in total. The lowest BCUT2D eigenvalue weighted by Gasteiger charge is -2.29. The average Bonchev–Trinajstić information content (AvgIpc) is 2.89. The summed E-state index contributed by atoms with van der Waals surface area (Å²) >= 11 is 0. The van der Waals surface area contributed by atoms with Crippen LogP contribution < -0.4 is 24.4 Å². The highest BCUT2D eigenvalue weighted by Gasteiger charge is 2.25. The van der Waals surface area contributed by atoms with Gasteiger partial charge in [0.2, 0.25) is 0 Å². The molecule has 0 unspecified atom stereocenters. The van der Waals surface area contributed by atoms with Crippen LogP contribution in [0.1, 0.15) is 0 Å². The third-order valence-electron chi connectivity index (χ3n) is 5.42. The van der Waals surface area contributed by atoms with Crippen LogP contribution >= 0.6 is 0 Å². The molecule has 1 aromatic heterocycles. The topological polar surface area (TPSA) is 85.8 Å². The molecule has 0 atom stereocenters. The second-order valence-corrected chi connectivity index (χ2v) is 7.50. The molecule has 4 aromatic rings. The number of benzene rings is 3. The van der Waals surface area contributed by atoms with Gasteiger partial charge in [-0.05, 0) is 54.6 Å². The number of methoxy groups -OCH3 is 1. The van der Waals surface area contributed by atoms with E-state index in [-0.39, 0.29) is 5.91 Å². The molecule has 34 heavy (non-hydrogen) atoms. The molecular weight excluding hydrogens is 432 g/mol. The molecule has 1 aliphatic rings. The smallest absolute Gasteiger partial charge is 0.250 e. The fourth-order valence-corrected chi connectivity index (χ4v) is 3.81. The third kappa shape index (κ3) is 4.09. The summed E-state index contributed by atoms with van der Waals surface area (Å²) in [6, 6.07) is 18.6. The molecule has 1 N–H and O–H groups in total. The number of nitrogens with one attached hydrogen (secondary N) is 1. The lowest BCUT2D eigenvalue weighted by molar-refractivity contribution is -0.114. The molecule has 5 rings (SSSR count). The highest BCUT2D eigenvalue weighted by atomic mass is 16.5. The Bertz CT molecular complexity index is 1370. The Labute approximate surface area is 196 Å². The van der Waals surface area contributed by atoms with Crippen molar-refractivity contribution in [1.82, 2.24) is 9.97 Å². The summed E-state index contributed by atoms with van der Waals surface area (Å²) in [6.07, 6.45) is 2.79. The summed E-state index contributed by atoms with van der Waals surface area (Å²) in [6.45, 7) is 4.43. The first-order valence-electron chi connectivity index (χ1n) is 10.7. The summed E-state index contributed by atoms with van der Waals surface area (Å²) in [5.74, 6) is 3.07. The maximum atomic E-state index is 12.3. The van der Waals surface area contributed by atoms with Gasteiger partial charge >= 0.3 is 0 Å². The van der Waals surface area contributed by atoms with Gasteiger partial charge in [0, 0.05) is 11.8 Å². The van der Waals surface area contributed by atoms with Crippen molar-refractivity contribution in [1.29, 1.82) is 0 Å². The first kappa shape index (κ1) is 21.3. The number of nitrogens with zero attached hydrogens (tertiary/aromatic N) is 3. The van der Waals surface area contributed by atoms with Gasteiger partial charge in [0.25, 0.3) is 5.91 Å². The largest absolute Gasteiger partial charge is 0.497 e. The number of carbonyl (C=O) groups is 1. The molecule has 1 amide bonds. The molecule has 0 aliphatic carbocycles. The normalized spacial score (nSPS) is 12.4. The summed E-state index contributed by atoms with van der Waals surface area (Å²) in [7, 11) is 1.62. The van der Waals surface area contributed by atoms with Crippen LogP contribution in [0.15, 0.2) is 79.6 Å². The molecule has 3 aromatic carbocycles. The van der Waals surface area contributed by atoms with Crippen LogP contribution in [0.3, 0.4) is 0 Å². The second-order valence-electron chi connectivity index (χ2n) is 7.50. The number of carbonyl (C=O) groups excluding carboxylic acids is 1. The highest BCUT2D eigenvalue weighted by molar-refractivity contribution is 6.07. The van der Waals surface area contributed by atoms with Gasteiger partial charge in [-0.2, -0.15) is 0 Å². The summed E-state index contributed by atoms with van der Waals surface area (Å²) in [4.78, 5) is 22.8. The summed E-state index contributed by atoms with van der Waals surface area (Å²) < 4.78 is 17.1. The Morgan fingerprint density at radius 3 is 2.71 bits per heavy atom. The van der Waals surface area contributed by atoms with E-state index in [2.05, 4.69) is 21.9 Å². The van der Waals surface area contributed by atoms with Crippen LogP contribution in [0.5, 0.6) is 23.0 Å². The van der Waals surface area contributed by atoms with Crippen LogP contribution in [0.4, 0.5) is 17.2 Å². The zero-order chi connectivity index (χ0) is 23.5. The van der Waals surface area contributed by atoms with Crippen molar-refractivity contribution >= 4 is 34.0 Å². The SMILES string of the molecule is C=CC(=O)N1CCOc2c1ccc1ncnc(Nc3ccc(Oc4cccc(OC)c4)cc3)c21. The lowest BCUT2D eigenvalue weighted by atomic mass is 10.1. The number of aromatic nitrogens is 2. The predicted octanol–water partition coefficient (Wildman–Crippen LogP) is 5.09. The van der Waals surface area contributed by atoms with E-state index in [0.29, 0.717) is 52.8 Å². The first-order valence-corrected chi connectivity index (χ1v) is 10.7. The number of ether oxygens (including phenoxy) is 3. The van der Waals surface area contributed by atoms with Gasteiger partial charge in [-0.15, -0.1) is 0 Å². The van der Waals surface area contributed by atoms with Gasteiger partial charge in [0.1, 0.15) is 36.0 Å². The summed E-state index contributed by atoms with van der Waals surface area (Å²) in [5.41, 5.74) is 2.19. The van der Waals surface area contributed by atoms with E-state index >= 15 is 0 Å². The number of fused-ring (bicyclic) bond motifs is 3. The average molecular weight is 454 g/mol. The Balaban J connectivity index is 1.44. The minimum atomic E-state index is -0.179. The molecule has 8 heteroatoms. The fourth-order valence-electron chi connectivity index (χ4n) is 3.81. The molecule has 0 bridgehead atoms. The standard InChI is InChI=1S/C26H22N4O4/c1-3-23(31)30-13-14-33-25-22(30)12-11-21-24(25)26(28-16-27-21)29-17-7-9-18(10-8-17)34-20-6-4-5-19(15-20)32-2/h3-12,15-16H,1,13-14H2,2H3,(H,27,28,29).